The van der Waals surface area contributed by atoms with Crippen LogP contribution in [-0.4, -0.2) is 25.4 Å². The lowest BCUT2D eigenvalue weighted by atomic mass is 9.76. The fraction of sp³-hybridized carbons (Fsp3) is 0.478. The van der Waals surface area contributed by atoms with Crippen molar-refractivity contribution in [1.29, 1.82) is 0 Å². The summed E-state index contributed by atoms with van der Waals surface area (Å²) < 4.78 is 33.5. The number of anilines is 1. The van der Waals surface area contributed by atoms with Gasteiger partial charge in [-0.05, 0) is 72.6 Å². The predicted molar refractivity (Wildman–Crippen MR) is 119 cm³/mol. The van der Waals surface area contributed by atoms with Crippen LogP contribution in [0.4, 0.5) is 10.5 Å². The van der Waals surface area contributed by atoms with Gasteiger partial charge in [-0.1, -0.05) is 25.1 Å². The molecule has 0 radical (unpaired) electrons. The van der Waals surface area contributed by atoms with Crippen LogP contribution in [0.1, 0.15) is 66.7 Å². The summed E-state index contributed by atoms with van der Waals surface area (Å²) in [6, 6.07) is 2.78. The highest BCUT2D eigenvalue weighted by Gasteiger charge is 2.36. The molecule has 0 spiro atoms. The van der Waals surface area contributed by atoms with Gasteiger partial charge in [-0.15, -0.1) is 0 Å². The second-order valence-electron chi connectivity index (χ2n) is 9.76. The highest BCUT2D eigenvalue weighted by molar-refractivity contribution is 7.89. The Morgan fingerprint density at radius 2 is 1.72 bits per heavy atom. The van der Waals surface area contributed by atoms with Crippen LogP contribution in [0.3, 0.4) is 0 Å². The number of furan rings is 1. The van der Waals surface area contributed by atoms with Gasteiger partial charge in [0.05, 0.1) is 5.71 Å². The Morgan fingerprint density at radius 3 is 2.34 bits per heavy atom. The first-order valence-electron chi connectivity index (χ1n) is 11.0. The second-order valence-corrected chi connectivity index (χ2v) is 11.4. The molecular weight excluding hydrogens is 430 g/mol. The Labute approximate surface area is 187 Å². The van der Waals surface area contributed by atoms with E-state index in [-0.39, 0.29) is 10.5 Å². The van der Waals surface area contributed by atoms with Crippen LogP contribution < -0.4 is 10.0 Å². The van der Waals surface area contributed by atoms with Gasteiger partial charge in [0.15, 0.2) is 0 Å². The molecule has 0 aliphatic heterocycles. The van der Waals surface area contributed by atoms with Crippen LogP contribution >= 0.6 is 0 Å². The molecule has 32 heavy (non-hydrogen) atoms. The summed E-state index contributed by atoms with van der Waals surface area (Å²) in [4.78, 5) is 12.8. The molecule has 3 aliphatic rings. The number of aryl methyl sites for hydroxylation is 2. The van der Waals surface area contributed by atoms with Gasteiger partial charge in [0, 0.05) is 23.7 Å². The van der Waals surface area contributed by atoms with Gasteiger partial charge in [0.2, 0.25) is 5.09 Å². The minimum absolute atomic E-state index is 0.230. The number of carbonyl (C=O) groups excluding carboxylic acids is 1. The van der Waals surface area contributed by atoms with Crippen molar-refractivity contribution >= 4 is 27.5 Å². The fourth-order valence-corrected chi connectivity index (χ4v) is 6.20. The normalized spacial score (nSPS) is 20.0. The van der Waals surface area contributed by atoms with Crippen molar-refractivity contribution in [3.05, 3.63) is 45.7 Å². The summed E-state index contributed by atoms with van der Waals surface area (Å²) >= 11 is 0. The third-order valence-electron chi connectivity index (χ3n) is 6.71. The summed E-state index contributed by atoms with van der Waals surface area (Å²) in [5, 5.41) is 15.2. The topological polar surface area (TPSA) is 121 Å². The lowest BCUT2D eigenvalue weighted by Crippen LogP contribution is -2.34. The van der Waals surface area contributed by atoms with Crippen molar-refractivity contribution in [2.24, 2.45) is 10.6 Å². The Bertz CT molecular complexity index is 1220. The highest BCUT2D eigenvalue weighted by atomic mass is 32.2. The number of nitrogens with zero attached hydrogens (tertiary/aromatic N) is 1. The van der Waals surface area contributed by atoms with Crippen LogP contribution in [-0.2, 0) is 42.1 Å². The van der Waals surface area contributed by atoms with Gasteiger partial charge < -0.3 is 14.9 Å². The zero-order valence-corrected chi connectivity index (χ0v) is 19.1. The number of benzene rings is 1. The van der Waals surface area contributed by atoms with E-state index >= 15 is 0 Å². The highest BCUT2D eigenvalue weighted by Crippen LogP contribution is 2.39. The summed E-state index contributed by atoms with van der Waals surface area (Å²) in [5.74, 6) is 0.438. The Hall–Kier alpha value is -2.81. The van der Waals surface area contributed by atoms with E-state index in [0.29, 0.717) is 29.9 Å². The molecule has 2 aromatic rings. The van der Waals surface area contributed by atoms with E-state index < -0.39 is 16.1 Å². The van der Waals surface area contributed by atoms with Crippen LogP contribution in [0.5, 0.6) is 0 Å². The monoisotopic (exact) mass is 457 g/mol. The molecule has 1 aromatic heterocycles. The number of urea groups is 1. The van der Waals surface area contributed by atoms with Crippen LogP contribution in [0.2, 0.25) is 0 Å². The van der Waals surface area contributed by atoms with E-state index in [1.54, 1.807) is 0 Å². The quantitative estimate of drug-likeness (QED) is 0.476. The summed E-state index contributed by atoms with van der Waals surface area (Å²) in [6.07, 6.45) is 6.81. The van der Waals surface area contributed by atoms with E-state index in [0.717, 1.165) is 55.3 Å². The largest absolute Gasteiger partial charge is 0.447 e. The number of hydrogen-bond donors (Lipinski definition) is 3. The van der Waals surface area contributed by atoms with Gasteiger partial charge in [0.25, 0.3) is 10.0 Å². The zero-order chi connectivity index (χ0) is 22.7. The number of oxime groups is 1. The number of rotatable bonds is 3. The molecular formula is C23H27N3O5S. The van der Waals surface area contributed by atoms with Crippen LogP contribution in [0, 0.1) is 5.41 Å². The zero-order valence-electron chi connectivity index (χ0n) is 18.2. The second kappa shape index (κ2) is 7.37. The molecule has 0 saturated heterocycles. The minimum Gasteiger partial charge on any atom is -0.447 e. The first-order valence-corrected chi connectivity index (χ1v) is 12.5. The van der Waals surface area contributed by atoms with Crippen molar-refractivity contribution in [2.75, 3.05) is 5.32 Å². The molecule has 8 nitrogen and oxygen atoms in total. The Kier molecular flexibility index (Phi) is 4.85. The molecule has 0 unspecified atom stereocenters. The van der Waals surface area contributed by atoms with Gasteiger partial charge in [-0.25, -0.2) is 9.52 Å². The fourth-order valence-electron chi connectivity index (χ4n) is 5.33. The smallest absolute Gasteiger partial charge is 0.333 e. The first-order chi connectivity index (χ1) is 15.2. The molecule has 170 valence electrons. The molecule has 0 bridgehead atoms. The SMILES string of the molecule is CC1(C)CC(=NO)c2cc(S(=O)(=O)NC(=O)Nc3c4c(cc5c3CCC5)CCC4)oc2C1. The molecule has 3 N–H and O–H groups in total. The average Bonchev–Trinajstić information content (AvgIpc) is 3.44. The lowest BCUT2D eigenvalue weighted by molar-refractivity contribution is 0.256. The maximum absolute atomic E-state index is 12.9. The Balaban J connectivity index is 1.40. The standard InChI is InChI=1S/C23H27N3O5S/c1-23(2)11-18(25-28)17-10-20(31-19(17)12-23)32(29,30)26-22(27)24-21-15-7-3-5-13(15)9-14-6-4-8-16(14)21/h9-10,28H,3-8,11-12H2,1-2H3,(H2,24,26,27). The maximum Gasteiger partial charge on any atom is 0.333 e. The van der Waals surface area contributed by atoms with E-state index in [2.05, 4.69) is 21.3 Å². The number of hydrogen-bond acceptors (Lipinski definition) is 6. The third kappa shape index (κ3) is 3.58. The number of carbonyl (C=O) groups is 1. The first kappa shape index (κ1) is 21.1. The van der Waals surface area contributed by atoms with Gasteiger partial charge in [-0.2, -0.15) is 8.42 Å². The summed E-state index contributed by atoms with van der Waals surface area (Å²) in [5.41, 5.74) is 6.13. The van der Waals surface area contributed by atoms with E-state index in [4.69, 9.17) is 4.42 Å². The Morgan fingerprint density at radius 1 is 1.06 bits per heavy atom. The molecule has 0 saturated carbocycles. The van der Waals surface area contributed by atoms with Gasteiger partial charge in [0.1, 0.15) is 5.76 Å². The molecule has 0 fully saturated rings. The van der Waals surface area contributed by atoms with E-state index in [1.165, 1.54) is 17.2 Å². The number of amides is 2. The van der Waals surface area contributed by atoms with Gasteiger partial charge in [-0.3, -0.25) is 0 Å². The van der Waals surface area contributed by atoms with Gasteiger partial charge >= 0.3 is 6.03 Å². The van der Waals surface area contributed by atoms with Crippen LogP contribution in [0.25, 0.3) is 0 Å². The van der Waals surface area contributed by atoms with Crippen molar-refractivity contribution in [3.63, 3.8) is 0 Å². The van der Waals surface area contributed by atoms with Crippen molar-refractivity contribution in [2.45, 2.75) is 70.3 Å². The molecule has 5 rings (SSSR count). The number of fused-ring (bicyclic) bond motifs is 3. The summed E-state index contributed by atoms with van der Waals surface area (Å²) in [6.45, 7) is 3.97. The van der Waals surface area contributed by atoms with Crippen molar-refractivity contribution in [1.82, 2.24) is 4.72 Å². The molecule has 2 amide bonds. The average molecular weight is 458 g/mol. The minimum atomic E-state index is -4.24. The molecule has 0 atom stereocenters. The maximum atomic E-state index is 12.9. The molecule has 9 heteroatoms. The third-order valence-corrected chi connectivity index (χ3v) is 7.89. The predicted octanol–water partition coefficient (Wildman–Crippen LogP) is 3.92. The molecule has 1 heterocycles. The van der Waals surface area contributed by atoms with Crippen LogP contribution in [0.15, 0.2) is 26.8 Å². The van der Waals surface area contributed by atoms with E-state index in [9.17, 15) is 18.4 Å². The number of sulfonamides is 1. The van der Waals surface area contributed by atoms with Crippen molar-refractivity contribution in [3.8, 4) is 0 Å². The van der Waals surface area contributed by atoms with Crippen molar-refractivity contribution < 1.29 is 22.8 Å². The molecule has 1 aromatic carbocycles. The summed E-state index contributed by atoms with van der Waals surface area (Å²) in [7, 11) is -4.24. The van der Waals surface area contributed by atoms with E-state index in [1.807, 2.05) is 13.8 Å². The number of nitrogens with one attached hydrogen (secondary N) is 2. The molecule has 3 aliphatic carbocycles. The lowest BCUT2D eigenvalue weighted by Gasteiger charge is -2.28.